The van der Waals surface area contributed by atoms with Gasteiger partial charge in [0.25, 0.3) is 5.91 Å². The SMILES string of the molecule is CCCC(=O)Nc1ccc2c(c1)C(=O)N(C)C[C@@H](OC)[C@@H](C)CN(C)[C@@H](C)CO2. The molecule has 1 aromatic rings. The van der Waals surface area contributed by atoms with Crippen molar-refractivity contribution in [1.82, 2.24) is 9.80 Å². The van der Waals surface area contributed by atoms with Gasteiger partial charge in [0.05, 0.1) is 11.7 Å². The molecule has 0 radical (unpaired) electrons. The van der Waals surface area contributed by atoms with Crippen molar-refractivity contribution >= 4 is 17.5 Å². The number of ether oxygens (including phenoxy) is 2. The first-order valence-electron chi connectivity index (χ1n) is 10.3. The largest absolute Gasteiger partial charge is 0.491 e. The Morgan fingerprint density at radius 1 is 1.28 bits per heavy atom. The summed E-state index contributed by atoms with van der Waals surface area (Å²) in [7, 11) is 5.53. The van der Waals surface area contributed by atoms with Gasteiger partial charge in [-0.25, -0.2) is 0 Å². The second-order valence-electron chi connectivity index (χ2n) is 8.05. The van der Waals surface area contributed by atoms with Crippen molar-refractivity contribution in [2.45, 2.75) is 45.8 Å². The number of fused-ring (bicyclic) bond motifs is 1. The van der Waals surface area contributed by atoms with Crippen molar-refractivity contribution in [1.29, 1.82) is 0 Å². The molecule has 0 bridgehead atoms. The molecule has 2 amide bonds. The van der Waals surface area contributed by atoms with E-state index >= 15 is 0 Å². The summed E-state index contributed by atoms with van der Waals surface area (Å²) < 4.78 is 11.7. The van der Waals surface area contributed by atoms with E-state index in [1.54, 1.807) is 37.3 Å². The molecule has 1 aromatic carbocycles. The summed E-state index contributed by atoms with van der Waals surface area (Å²) in [5, 5.41) is 2.86. The predicted molar refractivity (Wildman–Crippen MR) is 114 cm³/mol. The Bertz CT molecular complexity index is 709. The molecular weight excluding hydrogens is 370 g/mol. The van der Waals surface area contributed by atoms with Gasteiger partial charge in [0.1, 0.15) is 12.4 Å². The van der Waals surface area contributed by atoms with Crippen LogP contribution in [0, 0.1) is 5.92 Å². The third-order valence-electron chi connectivity index (χ3n) is 5.52. The lowest BCUT2D eigenvalue weighted by atomic mass is 10.0. The Kier molecular flexibility index (Phi) is 8.46. The Morgan fingerprint density at radius 2 is 2.00 bits per heavy atom. The Morgan fingerprint density at radius 3 is 2.66 bits per heavy atom. The van der Waals surface area contributed by atoms with Gasteiger partial charge in [0.15, 0.2) is 0 Å². The van der Waals surface area contributed by atoms with E-state index in [9.17, 15) is 9.59 Å². The number of carbonyl (C=O) groups is 2. The van der Waals surface area contributed by atoms with Gasteiger partial charge >= 0.3 is 0 Å². The number of methoxy groups -OCH3 is 1. The first kappa shape index (κ1) is 23.2. The van der Waals surface area contributed by atoms with Crippen LogP contribution in [-0.4, -0.2) is 74.7 Å². The summed E-state index contributed by atoms with van der Waals surface area (Å²) in [6.45, 7) is 7.98. The molecule has 0 unspecified atom stereocenters. The van der Waals surface area contributed by atoms with Crippen LogP contribution in [0.3, 0.4) is 0 Å². The van der Waals surface area contributed by atoms with Crippen LogP contribution in [0.4, 0.5) is 5.69 Å². The molecule has 1 aliphatic heterocycles. The zero-order chi connectivity index (χ0) is 21.6. The summed E-state index contributed by atoms with van der Waals surface area (Å²) in [6, 6.07) is 5.42. The van der Waals surface area contributed by atoms with Gasteiger partial charge in [0, 0.05) is 45.4 Å². The number of carbonyl (C=O) groups excluding carboxylic acids is 2. The number of benzene rings is 1. The lowest BCUT2D eigenvalue weighted by Gasteiger charge is -2.34. The minimum Gasteiger partial charge on any atom is -0.491 e. The average molecular weight is 406 g/mol. The van der Waals surface area contributed by atoms with Crippen LogP contribution in [-0.2, 0) is 9.53 Å². The lowest BCUT2D eigenvalue weighted by Crippen LogP contribution is -2.45. The van der Waals surface area contributed by atoms with Gasteiger partial charge < -0.3 is 19.7 Å². The van der Waals surface area contributed by atoms with Crippen LogP contribution < -0.4 is 10.1 Å². The third-order valence-corrected chi connectivity index (χ3v) is 5.52. The van der Waals surface area contributed by atoms with Crippen LogP contribution in [0.25, 0.3) is 0 Å². The summed E-state index contributed by atoms with van der Waals surface area (Å²) in [4.78, 5) is 29.1. The van der Waals surface area contributed by atoms with E-state index in [0.717, 1.165) is 13.0 Å². The molecule has 1 heterocycles. The highest BCUT2D eigenvalue weighted by Crippen LogP contribution is 2.26. The number of anilines is 1. The van der Waals surface area contributed by atoms with E-state index in [-0.39, 0.29) is 29.9 Å². The summed E-state index contributed by atoms with van der Waals surface area (Å²) in [5.74, 6) is 0.563. The molecule has 1 N–H and O–H groups in total. The first-order chi connectivity index (χ1) is 13.8. The highest BCUT2D eigenvalue weighted by molar-refractivity contribution is 5.99. The highest BCUT2D eigenvalue weighted by atomic mass is 16.5. The molecule has 3 atom stereocenters. The van der Waals surface area contributed by atoms with E-state index in [4.69, 9.17) is 9.47 Å². The van der Waals surface area contributed by atoms with Crippen LogP contribution in [0.15, 0.2) is 18.2 Å². The monoisotopic (exact) mass is 405 g/mol. The summed E-state index contributed by atoms with van der Waals surface area (Å²) in [5.41, 5.74) is 1.04. The number of nitrogens with one attached hydrogen (secondary N) is 1. The van der Waals surface area contributed by atoms with E-state index in [0.29, 0.717) is 36.6 Å². The van der Waals surface area contributed by atoms with Gasteiger partial charge in [-0.1, -0.05) is 13.8 Å². The molecule has 0 saturated heterocycles. The summed E-state index contributed by atoms with van der Waals surface area (Å²) in [6.07, 6.45) is 1.14. The maximum Gasteiger partial charge on any atom is 0.257 e. The van der Waals surface area contributed by atoms with Crippen LogP contribution in [0.1, 0.15) is 44.0 Å². The third kappa shape index (κ3) is 6.18. The fourth-order valence-corrected chi connectivity index (χ4v) is 3.49. The fraction of sp³-hybridized carbons (Fsp3) is 0.636. The normalized spacial score (nSPS) is 24.1. The van der Waals surface area contributed by atoms with E-state index in [1.165, 1.54) is 0 Å². The van der Waals surface area contributed by atoms with Gasteiger partial charge in [-0.2, -0.15) is 0 Å². The standard InChI is InChI=1S/C22H35N3O4/c1-7-8-21(26)23-17-9-10-19-18(11-17)22(27)25(5)13-20(28-6)15(2)12-24(4)16(3)14-29-19/h9-11,15-16,20H,7-8,12-14H2,1-6H3,(H,23,26)/t15-,16-,20+/m0/s1. The Balaban J connectivity index is 2.37. The maximum atomic E-state index is 13.2. The zero-order valence-corrected chi connectivity index (χ0v) is 18.5. The van der Waals surface area contributed by atoms with Crippen molar-refractivity contribution in [2.75, 3.05) is 46.2 Å². The smallest absolute Gasteiger partial charge is 0.257 e. The van der Waals surface area contributed by atoms with E-state index < -0.39 is 0 Å². The quantitative estimate of drug-likeness (QED) is 0.834. The van der Waals surface area contributed by atoms with Crippen molar-refractivity contribution in [3.63, 3.8) is 0 Å². The van der Waals surface area contributed by atoms with Gasteiger partial charge in [-0.05, 0) is 44.5 Å². The van der Waals surface area contributed by atoms with E-state index in [1.807, 2.05) is 6.92 Å². The molecule has 1 aliphatic rings. The van der Waals surface area contributed by atoms with Crippen molar-refractivity contribution < 1.29 is 19.1 Å². The number of hydrogen-bond donors (Lipinski definition) is 1. The molecule has 7 nitrogen and oxygen atoms in total. The van der Waals surface area contributed by atoms with Crippen molar-refractivity contribution in [2.24, 2.45) is 5.92 Å². The number of rotatable bonds is 4. The Labute approximate surface area is 174 Å². The second-order valence-corrected chi connectivity index (χ2v) is 8.05. The molecule has 0 saturated carbocycles. The highest BCUT2D eigenvalue weighted by Gasteiger charge is 2.27. The summed E-state index contributed by atoms with van der Waals surface area (Å²) >= 11 is 0. The number of likely N-dealkylation sites (N-methyl/N-ethyl adjacent to an activating group) is 2. The lowest BCUT2D eigenvalue weighted by molar-refractivity contribution is -0.116. The topological polar surface area (TPSA) is 71.1 Å². The molecule has 0 spiro atoms. The molecule has 29 heavy (non-hydrogen) atoms. The second kappa shape index (κ2) is 10.6. The van der Waals surface area contributed by atoms with Crippen LogP contribution in [0.2, 0.25) is 0 Å². The molecule has 7 heteroatoms. The molecule has 0 fully saturated rings. The molecule has 0 aliphatic carbocycles. The van der Waals surface area contributed by atoms with Crippen molar-refractivity contribution in [3.8, 4) is 5.75 Å². The van der Waals surface area contributed by atoms with Crippen molar-refractivity contribution in [3.05, 3.63) is 23.8 Å². The van der Waals surface area contributed by atoms with Crippen LogP contribution in [0.5, 0.6) is 5.75 Å². The first-order valence-corrected chi connectivity index (χ1v) is 10.3. The van der Waals surface area contributed by atoms with Gasteiger partial charge in [-0.15, -0.1) is 0 Å². The molecule has 162 valence electrons. The molecule has 2 rings (SSSR count). The average Bonchev–Trinajstić information content (AvgIpc) is 2.69. The predicted octanol–water partition coefficient (Wildman–Crippen LogP) is 2.86. The van der Waals surface area contributed by atoms with Gasteiger partial charge in [-0.3, -0.25) is 14.5 Å². The fourth-order valence-electron chi connectivity index (χ4n) is 3.49. The van der Waals surface area contributed by atoms with Crippen LogP contribution >= 0.6 is 0 Å². The maximum absolute atomic E-state index is 13.2. The number of nitrogens with zero attached hydrogens (tertiary/aromatic N) is 2. The Hall–Kier alpha value is -2.12. The number of hydrogen-bond acceptors (Lipinski definition) is 5. The number of amides is 2. The minimum absolute atomic E-state index is 0.0640. The zero-order valence-electron chi connectivity index (χ0n) is 18.5. The molecule has 0 aromatic heterocycles. The minimum atomic E-state index is -0.151. The van der Waals surface area contributed by atoms with E-state index in [2.05, 4.69) is 31.1 Å². The molecular formula is C22H35N3O4. The van der Waals surface area contributed by atoms with Gasteiger partial charge in [0.2, 0.25) is 5.91 Å².